The van der Waals surface area contributed by atoms with Crippen molar-refractivity contribution in [3.63, 3.8) is 0 Å². The number of benzene rings is 1. The average molecular weight is 249 g/mol. The fourth-order valence-electron chi connectivity index (χ4n) is 1.79. The molecule has 0 aliphatic heterocycles. The van der Waals surface area contributed by atoms with E-state index in [9.17, 15) is 4.79 Å². The maximum absolute atomic E-state index is 11.5. The van der Waals surface area contributed by atoms with Gasteiger partial charge in [0.1, 0.15) is 0 Å². The summed E-state index contributed by atoms with van der Waals surface area (Å²) in [5.74, 6) is -0.130. The van der Waals surface area contributed by atoms with Crippen LogP contribution in [-0.2, 0) is 16.0 Å². The molecule has 0 heterocycles. The van der Waals surface area contributed by atoms with Gasteiger partial charge in [-0.3, -0.25) is 4.79 Å². The van der Waals surface area contributed by atoms with Gasteiger partial charge >= 0.3 is 5.97 Å². The molecule has 0 fully saturated rings. The molecule has 0 unspecified atom stereocenters. The first-order valence-corrected chi connectivity index (χ1v) is 6.73. The number of rotatable bonds is 8. The number of hydrogen-bond acceptors (Lipinski definition) is 3. The van der Waals surface area contributed by atoms with Gasteiger partial charge in [0.15, 0.2) is 0 Å². The van der Waals surface area contributed by atoms with E-state index in [0.717, 1.165) is 24.1 Å². The van der Waals surface area contributed by atoms with Crippen LogP contribution in [0.25, 0.3) is 0 Å². The molecule has 1 aromatic rings. The first-order valence-electron chi connectivity index (χ1n) is 6.73. The molecule has 0 atom stereocenters. The van der Waals surface area contributed by atoms with Gasteiger partial charge in [0.25, 0.3) is 0 Å². The van der Waals surface area contributed by atoms with Crippen LogP contribution in [0.1, 0.15) is 44.6 Å². The van der Waals surface area contributed by atoms with Crippen LogP contribution < -0.4 is 5.73 Å². The van der Waals surface area contributed by atoms with Crippen LogP contribution in [-0.4, -0.2) is 12.6 Å². The summed E-state index contributed by atoms with van der Waals surface area (Å²) >= 11 is 0. The summed E-state index contributed by atoms with van der Waals surface area (Å²) in [6, 6.07) is 7.63. The largest absolute Gasteiger partial charge is 0.466 e. The van der Waals surface area contributed by atoms with Gasteiger partial charge in [-0.15, -0.1) is 0 Å². The number of carbonyl (C=O) groups excluding carboxylic acids is 1. The van der Waals surface area contributed by atoms with E-state index in [4.69, 9.17) is 10.5 Å². The molecule has 1 aromatic carbocycles. The van der Waals surface area contributed by atoms with E-state index >= 15 is 0 Å². The zero-order chi connectivity index (χ0) is 13.2. The first-order chi connectivity index (χ1) is 8.74. The summed E-state index contributed by atoms with van der Waals surface area (Å²) in [6.45, 7) is 2.71. The van der Waals surface area contributed by atoms with Crippen molar-refractivity contribution in [3.8, 4) is 0 Å². The number of nitrogen functional groups attached to an aromatic ring is 1. The number of unbranched alkanes of at least 4 members (excludes halogenated alkanes) is 3. The van der Waals surface area contributed by atoms with E-state index in [2.05, 4.69) is 6.92 Å². The molecule has 3 heteroatoms. The van der Waals surface area contributed by atoms with Crippen LogP contribution in [0.5, 0.6) is 0 Å². The van der Waals surface area contributed by atoms with Crippen molar-refractivity contribution in [1.82, 2.24) is 0 Å². The zero-order valence-electron chi connectivity index (χ0n) is 11.2. The second-order valence-electron chi connectivity index (χ2n) is 4.48. The SMILES string of the molecule is CCCCCCOC(=O)CCc1ccccc1N. The Kier molecular flexibility index (Phi) is 6.92. The van der Waals surface area contributed by atoms with Crippen molar-refractivity contribution in [2.45, 2.75) is 45.4 Å². The topological polar surface area (TPSA) is 52.3 Å². The Morgan fingerprint density at radius 1 is 1.22 bits per heavy atom. The lowest BCUT2D eigenvalue weighted by molar-refractivity contribution is -0.143. The van der Waals surface area contributed by atoms with Crippen LogP contribution in [0.3, 0.4) is 0 Å². The quantitative estimate of drug-likeness (QED) is 0.437. The Hall–Kier alpha value is -1.51. The summed E-state index contributed by atoms with van der Waals surface area (Å²) in [5.41, 5.74) is 7.57. The molecule has 0 aliphatic rings. The van der Waals surface area contributed by atoms with Crippen molar-refractivity contribution in [3.05, 3.63) is 29.8 Å². The van der Waals surface area contributed by atoms with Gasteiger partial charge in [-0.1, -0.05) is 44.4 Å². The van der Waals surface area contributed by atoms with Crippen molar-refractivity contribution < 1.29 is 9.53 Å². The van der Waals surface area contributed by atoms with Crippen molar-refractivity contribution in [1.29, 1.82) is 0 Å². The lowest BCUT2D eigenvalue weighted by Crippen LogP contribution is -2.07. The molecule has 0 bridgehead atoms. The monoisotopic (exact) mass is 249 g/mol. The minimum atomic E-state index is -0.130. The minimum Gasteiger partial charge on any atom is -0.466 e. The van der Waals surface area contributed by atoms with E-state index in [1.54, 1.807) is 0 Å². The second kappa shape index (κ2) is 8.56. The number of nitrogens with two attached hydrogens (primary N) is 1. The summed E-state index contributed by atoms with van der Waals surface area (Å²) < 4.78 is 5.17. The third-order valence-corrected chi connectivity index (χ3v) is 2.91. The van der Waals surface area contributed by atoms with Gasteiger partial charge < -0.3 is 10.5 Å². The minimum absolute atomic E-state index is 0.130. The molecule has 0 saturated heterocycles. The fraction of sp³-hybridized carbons (Fsp3) is 0.533. The molecule has 1 rings (SSSR count). The molecule has 2 N–H and O–H groups in total. The van der Waals surface area contributed by atoms with E-state index in [-0.39, 0.29) is 5.97 Å². The molecular formula is C15H23NO2. The molecule has 0 radical (unpaired) electrons. The predicted molar refractivity (Wildman–Crippen MR) is 74.3 cm³/mol. The number of aryl methyl sites for hydroxylation is 1. The second-order valence-corrected chi connectivity index (χ2v) is 4.48. The Balaban J connectivity index is 2.15. The van der Waals surface area contributed by atoms with Crippen LogP contribution in [0.4, 0.5) is 5.69 Å². The van der Waals surface area contributed by atoms with E-state index in [0.29, 0.717) is 19.4 Å². The molecule has 100 valence electrons. The highest BCUT2D eigenvalue weighted by Crippen LogP contribution is 2.13. The number of carbonyl (C=O) groups is 1. The molecule has 0 amide bonds. The highest BCUT2D eigenvalue weighted by molar-refractivity contribution is 5.70. The van der Waals surface area contributed by atoms with Crippen LogP contribution in [0.15, 0.2) is 24.3 Å². The summed E-state index contributed by atoms with van der Waals surface area (Å²) in [4.78, 5) is 11.5. The summed E-state index contributed by atoms with van der Waals surface area (Å²) in [5, 5.41) is 0. The van der Waals surface area contributed by atoms with Crippen molar-refractivity contribution in [2.75, 3.05) is 12.3 Å². The lowest BCUT2D eigenvalue weighted by Gasteiger charge is -2.06. The fourth-order valence-corrected chi connectivity index (χ4v) is 1.79. The first kappa shape index (κ1) is 14.6. The molecule has 18 heavy (non-hydrogen) atoms. The number of ether oxygens (including phenoxy) is 1. The van der Waals surface area contributed by atoms with Crippen LogP contribution in [0, 0.1) is 0 Å². The Bertz CT molecular complexity index is 363. The molecule has 0 spiro atoms. The number of esters is 1. The summed E-state index contributed by atoms with van der Waals surface area (Å²) in [6.07, 6.45) is 5.56. The summed E-state index contributed by atoms with van der Waals surface area (Å²) in [7, 11) is 0. The maximum atomic E-state index is 11.5. The zero-order valence-corrected chi connectivity index (χ0v) is 11.2. The van der Waals surface area contributed by atoms with Gasteiger partial charge in [-0.2, -0.15) is 0 Å². The van der Waals surface area contributed by atoms with E-state index < -0.39 is 0 Å². The molecule has 0 saturated carbocycles. The lowest BCUT2D eigenvalue weighted by atomic mass is 10.1. The molecule has 0 aromatic heterocycles. The third kappa shape index (κ3) is 5.71. The number of para-hydroxylation sites is 1. The van der Waals surface area contributed by atoms with Crippen LogP contribution in [0.2, 0.25) is 0 Å². The van der Waals surface area contributed by atoms with E-state index in [1.807, 2.05) is 24.3 Å². The number of hydrogen-bond donors (Lipinski definition) is 1. The number of anilines is 1. The van der Waals surface area contributed by atoms with Crippen molar-refractivity contribution >= 4 is 11.7 Å². The molecule has 0 aliphatic carbocycles. The van der Waals surface area contributed by atoms with Gasteiger partial charge in [0, 0.05) is 12.1 Å². The normalized spacial score (nSPS) is 10.3. The van der Waals surface area contributed by atoms with Crippen molar-refractivity contribution in [2.24, 2.45) is 0 Å². The average Bonchev–Trinajstić information content (AvgIpc) is 2.37. The Labute approximate surface area is 109 Å². The van der Waals surface area contributed by atoms with E-state index in [1.165, 1.54) is 12.8 Å². The molecular weight excluding hydrogens is 226 g/mol. The standard InChI is InChI=1S/C15H23NO2/c1-2-3-4-7-12-18-15(17)11-10-13-8-5-6-9-14(13)16/h5-6,8-9H,2-4,7,10-12,16H2,1H3. The van der Waals surface area contributed by atoms with Crippen LogP contribution >= 0.6 is 0 Å². The Morgan fingerprint density at radius 2 is 2.00 bits per heavy atom. The smallest absolute Gasteiger partial charge is 0.306 e. The Morgan fingerprint density at radius 3 is 2.72 bits per heavy atom. The highest BCUT2D eigenvalue weighted by atomic mass is 16.5. The maximum Gasteiger partial charge on any atom is 0.306 e. The van der Waals surface area contributed by atoms with Gasteiger partial charge in [-0.05, 0) is 24.5 Å². The van der Waals surface area contributed by atoms with Gasteiger partial charge in [0.2, 0.25) is 0 Å². The van der Waals surface area contributed by atoms with Gasteiger partial charge in [0.05, 0.1) is 6.61 Å². The third-order valence-electron chi connectivity index (χ3n) is 2.91. The van der Waals surface area contributed by atoms with Gasteiger partial charge in [-0.25, -0.2) is 0 Å². The highest BCUT2D eigenvalue weighted by Gasteiger charge is 2.05. The molecule has 3 nitrogen and oxygen atoms in total. The predicted octanol–water partition coefficient (Wildman–Crippen LogP) is 3.32.